The van der Waals surface area contributed by atoms with Crippen molar-refractivity contribution in [3.05, 3.63) is 65.4 Å². The summed E-state index contributed by atoms with van der Waals surface area (Å²) in [5.74, 6) is -0.133. The first-order chi connectivity index (χ1) is 12.7. The number of carbonyl (C=O) groups is 1. The van der Waals surface area contributed by atoms with Crippen LogP contribution in [-0.2, 0) is 20.1 Å². The Labute approximate surface area is 153 Å². The minimum Gasteiger partial charge on any atom is -0.347 e. The van der Waals surface area contributed by atoms with Gasteiger partial charge < -0.3 is 5.32 Å². The van der Waals surface area contributed by atoms with E-state index in [1.54, 1.807) is 4.68 Å². The maximum absolute atomic E-state index is 12.6. The lowest BCUT2D eigenvalue weighted by Crippen LogP contribution is -2.24. The van der Waals surface area contributed by atoms with Crippen LogP contribution in [0.4, 0.5) is 0 Å². The minimum absolute atomic E-state index is 0.133. The highest BCUT2D eigenvalue weighted by Crippen LogP contribution is 2.18. The fraction of sp³-hybridized carbons (Fsp3) is 0.333. The van der Waals surface area contributed by atoms with Crippen LogP contribution < -0.4 is 5.32 Å². The molecular weight excluding hydrogens is 324 g/mol. The third kappa shape index (κ3) is 3.48. The summed E-state index contributed by atoms with van der Waals surface area (Å²) in [5, 5.41) is 8.28. The number of likely N-dealkylation sites (tertiary alicyclic amines) is 1. The van der Waals surface area contributed by atoms with Crippen molar-refractivity contribution < 1.29 is 4.79 Å². The van der Waals surface area contributed by atoms with Crippen LogP contribution in [0.1, 0.15) is 34.5 Å². The first-order valence-electron chi connectivity index (χ1n) is 9.21. The fourth-order valence-electron chi connectivity index (χ4n) is 3.68. The molecule has 1 amide bonds. The van der Waals surface area contributed by atoms with Crippen molar-refractivity contribution in [2.75, 3.05) is 13.1 Å². The highest BCUT2D eigenvalue weighted by molar-refractivity contribution is 6.04. The molecule has 0 unspecified atom stereocenters. The molecule has 1 N–H and O–H groups in total. The van der Waals surface area contributed by atoms with Gasteiger partial charge in [0.25, 0.3) is 5.91 Å². The number of fused-ring (bicyclic) bond motifs is 1. The predicted molar refractivity (Wildman–Crippen MR) is 103 cm³/mol. The Morgan fingerprint density at radius 1 is 1.08 bits per heavy atom. The molecule has 0 radical (unpaired) electrons. The first kappa shape index (κ1) is 16.8. The maximum Gasteiger partial charge on any atom is 0.272 e. The lowest BCUT2D eigenvalue weighted by atomic mass is 10.1. The molecule has 0 saturated carbocycles. The molecule has 1 aromatic heterocycles. The van der Waals surface area contributed by atoms with Crippen molar-refractivity contribution in [1.82, 2.24) is 20.0 Å². The molecule has 0 atom stereocenters. The average Bonchev–Trinajstić information content (AvgIpc) is 3.28. The number of amides is 1. The van der Waals surface area contributed by atoms with Crippen molar-refractivity contribution >= 4 is 16.8 Å². The molecule has 1 fully saturated rings. The van der Waals surface area contributed by atoms with Crippen LogP contribution in [0.25, 0.3) is 10.9 Å². The number of para-hydroxylation sites is 1. The number of nitrogens with one attached hydrogen (secondary N) is 1. The molecule has 0 aliphatic carbocycles. The summed E-state index contributed by atoms with van der Waals surface area (Å²) in [6, 6.07) is 16.3. The predicted octanol–water partition coefficient (Wildman–Crippen LogP) is 3.10. The van der Waals surface area contributed by atoms with E-state index in [9.17, 15) is 4.79 Å². The van der Waals surface area contributed by atoms with E-state index in [0.29, 0.717) is 12.2 Å². The standard InChI is InChI=1S/C21H24N4O/c1-24-19-10-3-2-9-18(19)20(23-24)21(26)22-14-16-7-6-8-17(13-16)15-25-11-4-5-12-25/h2-3,6-10,13H,4-5,11-12,14-15H2,1H3,(H,22,26). The van der Waals surface area contributed by atoms with Crippen LogP contribution in [-0.4, -0.2) is 33.7 Å². The largest absolute Gasteiger partial charge is 0.347 e. The van der Waals surface area contributed by atoms with Crippen LogP contribution in [0.2, 0.25) is 0 Å². The van der Waals surface area contributed by atoms with Crippen LogP contribution in [0.3, 0.4) is 0 Å². The molecule has 1 aliphatic rings. The number of nitrogens with zero attached hydrogens (tertiary/aromatic N) is 3. The highest BCUT2D eigenvalue weighted by atomic mass is 16.1. The Morgan fingerprint density at radius 3 is 2.69 bits per heavy atom. The molecule has 0 bridgehead atoms. The molecule has 5 nitrogen and oxygen atoms in total. The summed E-state index contributed by atoms with van der Waals surface area (Å²) in [6.45, 7) is 3.88. The normalized spacial score (nSPS) is 14.8. The smallest absolute Gasteiger partial charge is 0.272 e. The third-order valence-electron chi connectivity index (χ3n) is 5.02. The Hall–Kier alpha value is -2.66. The number of hydrogen-bond donors (Lipinski definition) is 1. The molecule has 2 heterocycles. The topological polar surface area (TPSA) is 50.2 Å². The van der Waals surface area contributed by atoms with Gasteiger partial charge in [-0.2, -0.15) is 5.10 Å². The van der Waals surface area contributed by atoms with Crippen LogP contribution in [0.15, 0.2) is 48.5 Å². The van der Waals surface area contributed by atoms with E-state index in [0.717, 1.165) is 23.0 Å². The second kappa shape index (κ2) is 7.30. The Bertz CT molecular complexity index is 925. The van der Waals surface area contributed by atoms with Crippen molar-refractivity contribution in [3.8, 4) is 0 Å². The molecule has 5 heteroatoms. The Kier molecular flexibility index (Phi) is 4.71. The van der Waals surface area contributed by atoms with E-state index in [1.165, 1.54) is 31.5 Å². The quantitative estimate of drug-likeness (QED) is 0.771. The van der Waals surface area contributed by atoms with E-state index < -0.39 is 0 Å². The number of rotatable bonds is 5. The molecule has 0 spiro atoms. The summed E-state index contributed by atoms with van der Waals surface area (Å²) < 4.78 is 1.75. The summed E-state index contributed by atoms with van der Waals surface area (Å²) in [6.07, 6.45) is 2.60. The maximum atomic E-state index is 12.6. The Morgan fingerprint density at radius 2 is 1.85 bits per heavy atom. The van der Waals surface area contributed by atoms with E-state index in [-0.39, 0.29) is 5.91 Å². The molecule has 2 aromatic carbocycles. The van der Waals surface area contributed by atoms with E-state index in [1.807, 2.05) is 31.3 Å². The van der Waals surface area contributed by atoms with Gasteiger partial charge in [0.2, 0.25) is 0 Å². The van der Waals surface area contributed by atoms with Gasteiger partial charge in [-0.1, -0.05) is 42.5 Å². The van der Waals surface area contributed by atoms with Gasteiger partial charge in [0, 0.05) is 25.5 Å². The van der Waals surface area contributed by atoms with Gasteiger partial charge in [-0.15, -0.1) is 0 Å². The van der Waals surface area contributed by atoms with Gasteiger partial charge in [-0.3, -0.25) is 14.4 Å². The first-order valence-corrected chi connectivity index (χ1v) is 9.21. The number of aromatic nitrogens is 2. The van der Waals surface area contributed by atoms with Crippen molar-refractivity contribution in [3.63, 3.8) is 0 Å². The number of aryl methyl sites for hydroxylation is 1. The SMILES string of the molecule is Cn1nc(C(=O)NCc2cccc(CN3CCCC3)c2)c2ccccc21. The van der Waals surface area contributed by atoms with Crippen LogP contribution >= 0.6 is 0 Å². The van der Waals surface area contributed by atoms with Gasteiger partial charge in [-0.25, -0.2) is 0 Å². The van der Waals surface area contributed by atoms with Crippen LogP contribution in [0.5, 0.6) is 0 Å². The molecule has 26 heavy (non-hydrogen) atoms. The molecule has 3 aromatic rings. The van der Waals surface area contributed by atoms with Gasteiger partial charge >= 0.3 is 0 Å². The highest BCUT2D eigenvalue weighted by Gasteiger charge is 2.15. The second-order valence-corrected chi connectivity index (χ2v) is 6.98. The zero-order chi connectivity index (χ0) is 17.9. The molecular formula is C21H24N4O. The van der Waals surface area contributed by atoms with Crippen LogP contribution in [0, 0.1) is 0 Å². The average molecular weight is 348 g/mol. The summed E-state index contributed by atoms with van der Waals surface area (Å²) >= 11 is 0. The number of carbonyl (C=O) groups excluding carboxylic acids is 1. The van der Waals surface area contributed by atoms with E-state index in [4.69, 9.17) is 0 Å². The molecule has 134 valence electrons. The number of hydrogen-bond acceptors (Lipinski definition) is 3. The zero-order valence-corrected chi connectivity index (χ0v) is 15.1. The number of benzene rings is 2. The van der Waals surface area contributed by atoms with Gasteiger partial charge in [-0.05, 0) is 43.1 Å². The zero-order valence-electron chi connectivity index (χ0n) is 15.1. The summed E-state index contributed by atoms with van der Waals surface area (Å²) in [7, 11) is 1.86. The monoisotopic (exact) mass is 348 g/mol. The summed E-state index contributed by atoms with van der Waals surface area (Å²) in [4.78, 5) is 15.1. The van der Waals surface area contributed by atoms with Crippen molar-refractivity contribution in [2.24, 2.45) is 7.05 Å². The van der Waals surface area contributed by atoms with Gasteiger partial charge in [0.1, 0.15) is 0 Å². The molecule has 4 rings (SSSR count). The van der Waals surface area contributed by atoms with E-state index in [2.05, 4.69) is 39.6 Å². The summed E-state index contributed by atoms with van der Waals surface area (Å²) in [5.41, 5.74) is 3.87. The van der Waals surface area contributed by atoms with Gasteiger partial charge in [0.05, 0.1) is 5.52 Å². The van der Waals surface area contributed by atoms with Crippen molar-refractivity contribution in [2.45, 2.75) is 25.9 Å². The lowest BCUT2D eigenvalue weighted by Gasteiger charge is -2.15. The van der Waals surface area contributed by atoms with E-state index >= 15 is 0 Å². The minimum atomic E-state index is -0.133. The fourth-order valence-corrected chi connectivity index (χ4v) is 3.68. The second-order valence-electron chi connectivity index (χ2n) is 6.98. The Balaban J connectivity index is 1.44. The van der Waals surface area contributed by atoms with Gasteiger partial charge in [0.15, 0.2) is 5.69 Å². The molecule has 1 saturated heterocycles. The van der Waals surface area contributed by atoms with Crippen molar-refractivity contribution in [1.29, 1.82) is 0 Å². The molecule has 1 aliphatic heterocycles. The third-order valence-corrected chi connectivity index (χ3v) is 5.02. The lowest BCUT2D eigenvalue weighted by molar-refractivity contribution is 0.0946.